The number of hydrogen-bond donors (Lipinski definition) is 1. The molecule has 10 heteroatoms. The molecule has 1 aliphatic heterocycles. The number of fused-ring (bicyclic) bond motifs is 2. The van der Waals surface area contributed by atoms with Crippen LogP contribution in [0.15, 0.2) is 41.2 Å². The first-order valence-electron chi connectivity index (χ1n) is 10.8. The number of nitrogens with zero attached hydrogens (tertiary/aromatic N) is 3. The maximum atomic E-state index is 15.4. The topological polar surface area (TPSA) is 89.5 Å². The van der Waals surface area contributed by atoms with Crippen LogP contribution in [0.4, 0.5) is 9.18 Å². The van der Waals surface area contributed by atoms with E-state index in [9.17, 15) is 9.59 Å². The molecule has 0 aliphatic carbocycles. The minimum atomic E-state index is -0.603. The van der Waals surface area contributed by atoms with Crippen molar-refractivity contribution in [2.24, 2.45) is 0 Å². The molecular weight excluding hydrogens is 463 g/mol. The van der Waals surface area contributed by atoms with Crippen LogP contribution in [0.2, 0.25) is 5.02 Å². The fourth-order valence-corrected chi connectivity index (χ4v) is 4.72. The van der Waals surface area contributed by atoms with Gasteiger partial charge >= 0.3 is 6.09 Å². The molecule has 0 bridgehead atoms. The molecule has 2 aromatic carbocycles. The standard InChI is InChI=1S/C24H22ClFN4O4/c1-13-3-5-19-18(9-13)28-23(30(19)12-14-11-29(7-8-34-14)24(32)33-2)21-16(26)10-17-15(22(21)25)4-6-20(31)27-17/h3-6,9-10,14H,7-8,11-12H2,1-2H3,(H,27,31)/t14-/m1/s1. The van der Waals surface area contributed by atoms with Crippen LogP contribution in [0, 0.1) is 12.7 Å². The second-order valence-electron chi connectivity index (χ2n) is 8.28. The molecule has 0 saturated carbocycles. The molecule has 4 aromatic rings. The molecule has 0 unspecified atom stereocenters. The van der Waals surface area contributed by atoms with Crippen molar-refractivity contribution in [3.8, 4) is 11.4 Å². The Bertz CT molecular complexity index is 1480. The largest absolute Gasteiger partial charge is 0.453 e. The highest BCUT2D eigenvalue weighted by molar-refractivity contribution is 6.38. The second kappa shape index (κ2) is 8.73. The van der Waals surface area contributed by atoms with E-state index in [-0.39, 0.29) is 22.2 Å². The van der Waals surface area contributed by atoms with Gasteiger partial charge in [0, 0.05) is 18.0 Å². The number of halogens is 2. The minimum Gasteiger partial charge on any atom is -0.453 e. The van der Waals surface area contributed by atoms with Crippen molar-refractivity contribution < 1.29 is 18.7 Å². The van der Waals surface area contributed by atoms with Gasteiger partial charge in [0.1, 0.15) is 11.6 Å². The molecule has 1 saturated heterocycles. The first-order valence-corrected chi connectivity index (χ1v) is 11.2. The summed E-state index contributed by atoms with van der Waals surface area (Å²) in [6.07, 6.45) is -0.777. The van der Waals surface area contributed by atoms with Crippen molar-refractivity contribution in [1.29, 1.82) is 0 Å². The number of carbonyl (C=O) groups is 1. The van der Waals surface area contributed by atoms with E-state index < -0.39 is 11.9 Å². The van der Waals surface area contributed by atoms with Crippen LogP contribution in [0.3, 0.4) is 0 Å². The van der Waals surface area contributed by atoms with Crippen molar-refractivity contribution in [3.05, 3.63) is 63.2 Å². The third-order valence-electron chi connectivity index (χ3n) is 6.00. The number of rotatable bonds is 3. The number of pyridine rings is 1. The Labute approximate surface area is 198 Å². The number of amides is 1. The van der Waals surface area contributed by atoms with Gasteiger partial charge in [0.2, 0.25) is 5.56 Å². The van der Waals surface area contributed by atoms with Gasteiger partial charge in [-0.2, -0.15) is 0 Å². The summed E-state index contributed by atoms with van der Waals surface area (Å²) in [6.45, 7) is 3.40. The number of benzene rings is 2. The maximum Gasteiger partial charge on any atom is 0.409 e. The van der Waals surface area contributed by atoms with E-state index in [2.05, 4.69) is 4.98 Å². The number of nitrogens with one attached hydrogen (secondary N) is 1. The predicted octanol–water partition coefficient (Wildman–Crippen LogP) is 4.11. The SMILES string of the molecule is COC(=O)N1CCO[C@@H](Cn2c(-c3c(F)cc4[nH]c(=O)ccc4c3Cl)nc3cc(C)ccc32)C1. The van der Waals surface area contributed by atoms with E-state index >= 15 is 4.39 Å². The van der Waals surface area contributed by atoms with E-state index in [4.69, 9.17) is 26.1 Å². The Balaban J connectivity index is 1.65. The molecule has 1 aliphatic rings. The van der Waals surface area contributed by atoms with E-state index in [0.29, 0.717) is 48.5 Å². The van der Waals surface area contributed by atoms with E-state index in [1.165, 1.54) is 19.2 Å². The van der Waals surface area contributed by atoms with Gasteiger partial charge in [0.05, 0.1) is 60.0 Å². The quantitative estimate of drug-likeness (QED) is 0.472. The van der Waals surface area contributed by atoms with Crippen molar-refractivity contribution >= 4 is 39.6 Å². The zero-order valence-electron chi connectivity index (χ0n) is 18.6. The number of aromatic amines is 1. The fourth-order valence-electron chi connectivity index (χ4n) is 4.38. The number of aromatic nitrogens is 3. The first kappa shape index (κ1) is 22.4. The van der Waals surface area contributed by atoms with Crippen LogP contribution in [0.25, 0.3) is 33.3 Å². The van der Waals surface area contributed by atoms with Crippen LogP contribution in [-0.4, -0.2) is 58.4 Å². The molecule has 0 radical (unpaired) electrons. The maximum absolute atomic E-state index is 15.4. The number of hydrogen-bond acceptors (Lipinski definition) is 5. The van der Waals surface area contributed by atoms with E-state index in [1.54, 1.807) is 11.0 Å². The molecule has 34 heavy (non-hydrogen) atoms. The van der Waals surface area contributed by atoms with Gasteiger partial charge < -0.3 is 23.9 Å². The average Bonchev–Trinajstić information content (AvgIpc) is 3.15. The number of aryl methyl sites for hydroxylation is 1. The van der Waals surface area contributed by atoms with Crippen LogP contribution in [0.5, 0.6) is 0 Å². The summed E-state index contributed by atoms with van der Waals surface area (Å²) in [6, 6.07) is 9.96. The summed E-state index contributed by atoms with van der Waals surface area (Å²) >= 11 is 6.67. The lowest BCUT2D eigenvalue weighted by atomic mass is 10.1. The number of carbonyl (C=O) groups excluding carboxylic acids is 1. The zero-order chi connectivity index (χ0) is 24.0. The average molecular weight is 485 g/mol. The van der Waals surface area contributed by atoms with Gasteiger partial charge in [-0.15, -0.1) is 0 Å². The highest BCUT2D eigenvalue weighted by Crippen LogP contribution is 2.37. The molecule has 2 aromatic heterocycles. The molecule has 1 N–H and O–H groups in total. The normalized spacial score (nSPS) is 16.4. The fraction of sp³-hybridized carbons (Fsp3) is 0.292. The highest BCUT2D eigenvalue weighted by Gasteiger charge is 2.28. The summed E-state index contributed by atoms with van der Waals surface area (Å²) in [5.41, 5.74) is 2.58. The molecule has 1 atom stereocenters. The van der Waals surface area contributed by atoms with Crippen LogP contribution < -0.4 is 5.56 Å². The van der Waals surface area contributed by atoms with Gasteiger partial charge in [0.25, 0.3) is 0 Å². The molecule has 5 rings (SSSR count). The van der Waals surface area contributed by atoms with Crippen LogP contribution >= 0.6 is 11.6 Å². The number of H-pyrrole nitrogens is 1. The first-order chi connectivity index (χ1) is 16.4. The molecular formula is C24H22ClFN4O4. The molecule has 176 valence electrons. The molecule has 1 amide bonds. The summed E-state index contributed by atoms with van der Waals surface area (Å²) in [5, 5.41) is 0.665. The third-order valence-corrected chi connectivity index (χ3v) is 6.39. The molecule has 3 heterocycles. The lowest BCUT2D eigenvalue weighted by Gasteiger charge is -2.32. The monoisotopic (exact) mass is 484 g/mol. The Morgan fingerprint density at radius 2 is 2.15 bits per heavy atom. The minimum absolute atomic E-state index is 0.135. The summed E-state index contributed by atoms with van der Waals surface area (Å²) in [7, 11) is 1.34. The Morgan fingerprint density at radius 1 is 1.32 bits per heavy atom. The van der Waals surface area contributed by atoms with E-state index in [0.717, 1.165) is 11.1 Å². The van der Waals surface area contributed by atoms with Crippen molar-refractivity contribution in [2.45, 2.75) is 19.6 Å². The summed E-state index contributed by atoms with van der Waals surface area (Å²) in [4.78, 5) is 32.6. The van der Waals surface area contributed by atoms with Gasteiger partial charge in [-0.05, 0) is 36.8 Å². The second-order valence-corrected chi connectivity index (χ2v) is 8.66. The molecule has 0 spiro atoms. The highest BCUT2D eigenvalue weighted by atomic mass is 35.5. The van der Waals surface area contributed by atoms with E-state index in [1.807, 2.05) is 29.7 Å². The third kappa shape index (κ3) is 3.91. The zero-order valence-corrected chi connectivity index (χ0v) is 19.4. The Kier molecular flexibility index (Phi) is 5.75. The van der Waals surface area contributed by atoms with Gasteiger partial charge in [0.15, 0.2) is 0 Å². The van der Waals surface area contributed by atoms with Crippen molar-refractivity contribution in [2.75, 3.05) is 26.8 Å². The van der Waals surface area contributed by atoms with Crippen LogP contribution in [-0.2, 0) is 16.0 Å². The van der Waals surface area contributed by atoms with Gasteiger partial charge in [-0.3, -0.25) is 4.79 Å². The smallest absolute Gasteiger partial charge is 0.409 e. The Hall–Kier alpha value is -3.43. The number of imidazole rings is 1. The van der Waals surface area contributed by atoms with Gasteiger partial charge in [-0.25, -0.2) is 14.2 Å². The van der Waals surface area contributed by atoms with Crippen LogP contribution in [0.1, 0.15) is 5.56 Å². The lowest BCUT2D eigenvalue weighted by molar-refractivity contribution is -0.0310. The van der Waals surface area contributed by atoms with Gasteiger partial charge in [-0.1, -0.05) is 17.7 Å². The molecule has 8 nitrogen and oxygen atoms in total. The molecule has 1 fully saturated rings. The summed E-state index contributed by atoms with van der Waals surface area (Å²) < 4.78 is 28.1. The number of morpholine rings is 1. The predicted molar refractivity (Wildman–Crippen MR) is 127 cm³/mol. The number of ether oxygens (including phenoxy) is 2. The Morgan fingerprint density at radius 3 is 2.94 bits per heavy atom. The lowest BCUT2D eigenvalue weighted by Crippen LogP contribution is -2.47. The number of methoxy groups -OCH3 is 1. The summed E-state index contributed by atoms with van der Waals surface area (Å²) in [5.74, 6) is -0.261. The van der Waals surface area contributed by atoms with Crippen molar-refractivity contribution in [3.63, 3.8) is 0 Å². The van der Waals surface area contributed by atoms with Crippen molar-refractivity contribution in [1.82, 2.24) is 19.4 Å².